The first-order chi connectivity index (χ1) is 8.18. The third kappa shape index (κ3) is 2.41. The van der Waals surface area contributed by atoms with Gasteiger partial charge in [-0.1, -0.05) is 0 Å². The van der Waals surface area contributed by atoms with Crippen molar-refractivity contribution in [2.45, 2.75) is 13.0 Å². The number of aromatic nitrogens is 3. The Bertz CT molecular complexity index is 510. The molecule has 1 unspecified atom stereocenters. The van der Waals surface area contributed by atoms with Crippen molar-refractivity contribution in [3.63, 3.8) is 0 Å². The molecule has 2 aromatic heterocycles. The average Bonchev–Trinajstić information content (AvgIpc) is 2.82. The minimum atomic E-state index is -0.438. The van der Waals surface area contributed by atoms with Crippen molar-refractivity contribution in [2.24, 2.45) is 0 Å². The van der Waals surface area contributed by atoms with Gasteiger partial charge in [0.1, 0.15) is 11.6 Å². The van der Waals surface area contributed by atoms with Crippen LogP contribution >= 0.6 is 0 Å². The molecule has 2 rings (SSSR count). The van der Waals surface area contributed by atoms with Crippen LogP contribution in [0.2, 0.25) is 0 Å². The third-order valence-corrected chi connectivity index (χ3v) is 2.28. The van der Waals surface area contributed by atoms with Crippen molar-refractivity contribution >= 4 is 5.91 Å². The number of carbonyl (C=O) groups excluding carboxylic acids is 1. The van der Waals surface area contributed by atoms with Gasteiger partial charge in [0, 0.05) is 18.6 Å². The highest BCUT2D eigenvalue weighted by Gasteiger charge is 2.16. The van der Waals surface area contributed by atoms with E-state index in [1.807, 2.05) is 0 Å². The number of aromatic amines is 1. The Balaban J connectivity index is 2.10. The summed E-state index contributed by atoms with van der Waals surface area (Å²) in [7, 11) is 0. The number of imidazole rings is 1. The van der Waals surface area contributed by atoms with Gasteiger partial charge in [0.15, 0.2) is 5.69 Å². The van der Waals surface area contributed by atoms with Crippen LogP contribution in [0, 0.1) is 0 Å². The number of nitrogens with one attached hydrogen (secondary N) is 2. The zero-order chi connectivity index (χ0) is 12.3. The molecule has 0 aromatic carbocycles. The van der Waals surface area contributed by atoms with Gasteiger partial charge >= 0.3 is 0 Å². The molecular weight excluding hydrogens is 220 g/mol. The molecular formula is C11H12N4O2. The molecule has 0 spiro atoms. The molecule has 0 bridgehead atoms. The summed E-state index contributed by atoms with van der Waals surface area (Å²) in [5.41, 5.74) is 0.00547. The molecule has 0 aliphatic heterocycles. The molecule has 2 aromatic rings. The Hall–Kier alpha value is -2.37. The second kappa shape index (κ2) is 4.65. The quantitative estimate of drug-likeness (QED) is 0.736. The summed E-state index contributed by atoms with van der Waals surface area (Å²) >= 11 is 0. The number of nitrogens with zero attached hydrogens (tertiary/aromatic N) is 2. The molecule has 0 fully saturated rings. The van der Waals surface area contributed by atoms with Crippen LogP contribution in [0.25, 0.3) is 0 Å². The minimum Gasteiger partial charge on any atom is -0.505 e. The van der Waals surface area contributed by atoms with E-state index in [9.17, 15) is 9.90 Å². The van der Waals surface area contributed by atoms with Crippen molar-refractivity contribution in [2.75, 3.05) is 0 Å². The predicted octanol–water partition coefficient (Wildman–Crippen LogP) is 1.00. The standard InChI is InChI=1S/C11H12N4O2/c1-7(10-13-5-6-14-10)15-11(17)9-8(16)3-2-4-12-9/h2-7,16H,1H3,(H,13,14)(H,15,17). The molecule has 0 radical (unpaired) electrons. The smallest absolute Gasteiger partial charge is 0.274 e. The fourth-order valence-electron chi connectivity index (χ4n) is 1.42. The minimum absolute atomic E-state index is 0.00547. The van der Waals surface area contributed by atoms with E-state index in [0.29, 0.717) is 5.82 Å². The van der Waals surface area contributed by atoms with Crippen molar-refractivity contribution in [3.8, 4) is 5.75 Å². The molecule has 1 amide bonds. The molecule has 1 atom stereocenters. The topological polar surface area (TPSA) is 90.9 Å². The van der Waals surface area contributed by atoms with Gasteiger partial charge in [-0.15, -0.1) is 0 Å². The van der Waals surface area contributed by atoms with Gasteiger partial charge in [0.05, 0.1) is 6.04 Å². The van der Waals surface area contributed by atoms with Crippen molar-refractivity contribution in [3.05, 3.63) is 42.2 Å². The number of rotatable bonds is 3. The van der Waals surface area contributed by atoms with Gasteiger partial charge in [0.2, 0.25) is 0 Å². The summed E-state index contributed by atoms with van der Waals surface area (Å²) in [5, 5.41) is 12.2. The van der Waals surface area contributed by atoms with E-state index in [1.165, 1.54) is 12.3 Å². The van der Waals surface area contributed by atoms with Crippen LogP contribution in [-0.2, 0) is 0 Å². The Morgan fingerprint density at radius 3 is 2.94 bits per heavy atom. The normalized spacial score (nSPS) is 12.1. The Kier molecular flexibility index (Phi) is 3.04. The molecule has 6 nitrogen and oxygen atoms in total. The number of hydrogen-bond acceptors (Lipinski definition) is 4. The summed E-state index contributed by atoms with van der Waals surface area (Å²) in [4.78, 5) is 22.5. The molecule has 0 aliphatic carbocycles. The molecule has 3 N–H and O–H groups in total. The number of hydrogen-bond donors (Lipinski definition) is 3. The van der Waals surface area contributed by atoms with Crippen molar-refractivity contribution < 1.29 is 9.90 Å². The lowest BCUT2D eigenvalue weighted by Crippen LogP contribution is -2.28. The zero-order valence-electron chi connectivity index (χ0n) is 9.21. The van der Waals surface area contributed by atoms with E-state index >= 15 is 0 Å². The van der Waals surface area contributed by atoms with Crippen LogP contribution in [0.15, 0.2) is 30.7 Å². The second-order valence-electron chi connectivity index (χ2n) is 3.54. The maximum absolute atomic E-state index is 11.8. The van der Waals surface area contributed by atoms with Gasteiger partial charge in [0.25, 0.3) is 5.91 Å². The van der Waals surface area contributed by atoms with Crippen LogP contribution in [0.1, 0.15) is 29.3 Å². The molecule has 2 heterocycles. The summed E-state index contributed by atoms with van der Waals surface area (Å²) in [6.07, 6.45) is 4.73. The van der Waals surface area contributed by atoms with Gasteiger partial charge in [-0.3, -0.25) is 4.79 Å². The van der Waals surface area contributed by atoms with Gasteiger partial charge < -0.3 is 15.4 Å². The SMILES string of the molecule is CC(NC(=O)c1ncccc1O)c1ncc[nH]1. The van der Waals surface area contributed by atoms with Crippen LogP contribution in [0.3, 0.4) is 0 Å². The molecule has 0 saturated carbocycles. The van der Waals surface area contributed by atoms with E-state index in [1.54, 1.807) is 25.4 Å². The Morgan fingerprint density at radius 1 is 1.47 bits per heavy atom. The Labute approximate surface area is 97.7 Å². The van der Waals surface area contributed by atoms with E-state index in [4.69, 9.17) is 0 Å². The van der Waals surface area contributed by atoms with Crippen molar-refractivity contribution in [1.82, 2.24) is 20.3 Å². The number of amides is 1. The number of aromatic hydroxyl groups is 1. The van der Waals surface area contributed by atoms with Crippen molar-refractivity contribution in [1.29, 1.82) is 0 Å². The summed E-state index contributed by atoms with van der Waals surface area (Å²) in [6, 6.07) is 2.69. The van der Waals surface area contributed by atoms with E-state index in [2.05, 4.69) is 20.3 Å². The summed E-state index contributed by atoms with van der Waals surface area (Å²) in [5.74, 6) is 0.0671. The third-order valence-electron chi connectivity index (χ3n) is 2.28. The molecule has 88 valence electrons. The lowest BCUT2D eigenvalue weighted by atomic mass is 10.2. The molecule has 6 heteroatoms. The molecule has 17 heavy (non-hydrogen) atoms. The highest BCUT2D eigenvalue weighted by Crippen LogP contribution is 2.14. The Morgan fingerprint density at radius 2 is 2.29 bits per heavy atom. The van der Waals surface area contributed by atoms with Crippen LogP contribution < -0.4 is 5.32 Å². The largest absolute Gasteiger partial charge is 0.505 e. The van der Waals surface area contributed by atoms with Gasteiger partial charge in [-0.05, 0) is 19.1 Å². The van der Waals surface area contributed by atoms with Gasteiger partial charge in [-0.25, -0.2) is 9.97 Å². The first-order valence-corrected chi connectivity index (χ1v) is 5.12. The van der Waals surface area contributed by atoms with E-state index < -0.39 is 5.91 Å². The van der Waals surface area contributed by atoms with Gasteiger partial charge in [-0.2, -0.15) is 0 Å². The predicted molar refractivity (Wildman–Crippen MR) is 60.4 cm³/mol. The number of pyridine rings is 1. The maximum Gasteiger partial charge on any atom is 0.274 e. The van der Waals surface area contributed by atoms with E-state index in [-0.39, 0.29) is 17.5 Å². The highest BCUT2D eigenvalue weighted by molar-refractivity contribution is 5.94. The summed E-state index contributed by atoms with van der Waals surface area (Å²) in [6.45, 7) is 1.79. The molecule has 0 aliphatic rings. The first-order valence-electron chi connectivity index (χ1n) is 5.12. The fraction of sp³-hybridized carbons (Fsp3) is 0.182. The summed E-state index contributed by atoms with van der Waals surface area (Å²) < 4.78 is 0. The lowest BCUT2D eigenvalue weighted by molar-refractivity contribution is 0.0930. The first kappa shape index (κ1) is 11.1. The van der Waals surface area contributed by atoms with E-state index in [0.717, 1.165) is 0 Å². The lowest BCUT2D eigenvalue weighted by Gasteiger charge is -2.11. The second-order valence-corrected chi connectivity index (χ2v) is 3.54. The average molecular weight is 232 g/mol. The number of H-pyrrole nitrogens is 1. The van der Waals surface area contributed by atoms with Crippen LogP contribution in [0.5, 0.6) is 5.75 Å². The fourth-order valence-corrected chi connectivity index (χ4v) is 1.42. The highest BCUT2D eigenvalue weighted by atomic mass is 16.3. The molecule has 0 saturated heterocycles. The maximum atomic E-state index is 11.8. The van der Waals surface area contributed by atoms with Crippen LogP contribution in [-0.4, -0.2) is 26.0 Å². The zero-order valence-corrected chi connectivity index (χ0v) is 9.21. The van der Waals surface area contributed by atoms with Crippen LogP contribution in [0.4, 0.5) is 0 Å². The monoisotopic (exact) mass is 232 g/mol. The number of carbonyl (C=O) groups is 1.